The van der Waals surface area contributed by atoms with Gasteiger partial charge in [-0.2, -0.15) is 0 Å². The van der Waals surface area contributed by atoms with Crippen LogP contribution >= 0.6 is 0 Å². The van der Waals surface area contributed by atoms with Crippen molar-refractivity contribution in [2.24, 2.45) is 11.7 Å². The summed E-state index contributed by atoms with van der Waals surface area (Å²) in [6, 6.07) is 14.2. The van der Waals surface area contributed by atoms with E-state index in [1.807, 2.05) is 25.1 Å². The Bertz CT molecular complexity index is 727. The van der Waals surface area contributed by atoms with Crippen LogP contribution in [0.2, 0.25) is 0 Å². The van der Waals surface area contributed by atoms with E-state index in [9.17, 15) is 9.59 Å². The first-order valence-electron chi connectivity index (χ1n) is 7.92. The molecule has 0 aliphatic heterocycles. The van der Waals surface area contributed by atoms with Crippen LogP contribution in [0.5, 0.6) is 0 Å². The molecule has 2 aromatic carbocycles. The molecule has 0 aliphatic carbocycles. The molecule has 0 saturated heterocycles. The Morgan fingerprint density at radius 1 is 0.917 bits per heavy atom. The molecule has 0 radical (unpaired) electrons. The largest absolute Gasteiger partial charge is 0.327 e. The normalized spacial score (nSPS) is 13.0. The lowest BCUT2D eigenvalue weighted by Gasteiger charge is -2.18. The minimum Gasteiger partial charge on any atom is -0.327 e. The van der Waals surface area contributed by atoms with Crippen molar-refractivity contribution in [1.29, 1.82) is 0 Å². The van der Waals surface area contributed by atoms with Crippen LogP contribution in [0.15, 0.2) is 48.5 Å². The third-order valence-electron chi connectivity index (χ3n) is 4.08. The lowest BCUT2D eigenvalue weighted by atomic mass is 10.0. The van der Waals surface area contributed by atoms with Crippen LogP contribution in [0.1, 0.15) is 29.8 Å². The van der Waals surface area contributed by atoms with E-state index >= 15 is 0 Å². The van der Waals surface area contributed by atoms with Gasteiger partial charge in [0.15, 0.2) is 0 Å². The average molecular weight is 325 g/mol. The van der Waals surface area contributed by atoms with E-state index in [1.54, 1.807) is 44.2 Å². The van der Waals surface area contributed by atoms with Gasteiger partial charge < -0.3 is 16.4 Å². The van der Waals surface area contributed by atoms with Crippen molar-refractivity contribution in [2.45, 2.75) is 26.8 Å². The van der Waals surface area contributed by atoms with Crippen LogP contribution in [0.25, 0.3) is 0 Å². The Hall–Kier alpha value is -2.66. The van der Waals surface area contributed by atoms with Gasteiger partial charge in [-0.25, -0.2) is 0 Å². The molecule has 2 aromatic rings. The maximum absolute atomic E-state index is 12.3. The third-order valence-corrected chi connectivity index (χ3v) is 4.08. The molecule has 126 valence electrons. The van der Waals surface area contributed by atoms with E-state index in [0.717, 1.165) is 5.56 Å². The van der Waals surface area contributed by atoms with Gasteiger partial charge in [0.25, 0.3) is 5.91 Å². The summed E-state index contributed by atoms with van der Waals surface area (Å²) in [7, 11) is 0. The summed E-state index contributed by atoms with van der Waals surface area (Å²) in [5, 5.41) is 5.75. The van der Waals surface area contributed by atoms with E-state index in [0.29, 0.717) is 16.9 Å². The van der Waals surface area contributed by atoms with Crippen LogP contribution in [-0.2, 0) is 4.79 Å². The lowest BCUT2D eigenvalue weighted by Crippen LogP contribution is -2.34. The molecule has 0 bridgehead atoms. The van der Waals surface area contributed by atoms with Crippen molar-refractivity contribution in [1.82, 2.24) is 0 Å². The van der Waals surface area contributed by atoms with Gasteiger partial charge in [0.2, 0.25) is 5.91 Å². The molecule has 4 N–H and O–H groups in total. The van der Waals surface area contributed by atoms with Crippen LogP contribution in [-0.4, -0.2) is 17.9 Å². The standard InChI is InChI=1S/C19H23N3O2/c1-12(14(3)20)18(23)21-16-10-7-11-17(13(16)2)22-19(24)15-8-5-4-6-9-15/h4-12,14H,20H2,1-3H3,(H,21,23)(H,22,24). The lowest BCUT2D eigenvalue weighted by molar-refractivity contribution is -0.119. The fraction of sp³-hybridized carbons (Fsp3) is 0.263. The van der Waals surface area contributed by atoms with Gasteiger partial charge in [-0.3, -0.25) is 9.59 Å². The number of nitrogens with one attached hydrogen (secondary N) is 2. The van der Waals surface area contributed by atoms with E-state index in [2.05, 4.69) is 10.6 Å². The maximum atomic E-state index is 12.3. The highest BCUT2D eigenvalue weighted by atomic mass is 16.2. The topological polar surface area (TPSA) is 84.2 Å². The van der Waals surface area contributed by atoms with Gasteiger partial charge in [0.05, 0.1) is 5.92 Å². The van der Waals surface area contributed by atoms with Gasteiger partial charge in [-0.05, 0) is 43.7 Å². The Balaban J connectivity index is 2.16. The highest BCUT2D eigenvalue weighted by Crippen LogP contribution is 2.24. The highest BCUT2D eigenvalue weighted by Gasteiger charge is 2.18. The van der Waals surface area contributed by atoms with Crippen LogP contribution in [0.3, 0.4) is 0 Å². The monoisotopic (exact) mass is 325 g/mol. The summed E-state index contributed by atoms with van der Waals surface area (Å²) >= 11 is 0. The Kier molecular flexibility index (Phi) is 5.71. The summed E-state index contributed by atoms with van der Waals surface area (Å²) in [5.74, 6) is -0.627. The average Bonchev–Trinajstić information content (AvgIpc) is 2.58. The second kappa shape index (κ2) is 7.75. The van der Waals surface area contributed by atoms with E-state index < -0.39 is 0 Å². The Morgan fingerprint density at radius 2 is 1.50 bits per heavy atom. The zero-order valence-electron chi connectivity index (χ0n) is 14.2. The zero-order chi connectivity index (χ0) is 17.7. The molecule has 0 heterocycles. The Morgan fingerprint density at radius 3 is 2.08 bits per heavy atom. The number of anilines is 2. The molecule has 2 amide bonds. The second-order valence-electron chi connectivity index (χ2n) is 5.94. The van der Waals surface area contributed by atoms with Crippen molar-refractivity contribution in [2.75, 3.05) is 10.6 Å². The molecule has 0 saturated carbocycles. The number of hydrogen-bond acceptors (Lipinski definition) is 3. The number of rotatable bonds is 5. The number of nitrogens with two attached hydrogens (primary N) is 1. The SMILES string of the molecule is Cc1c(NC(=O)c2ccccc2)cccc1NC(=O)C(C)C(C)N. The number of carbonyl (C=O) groups excluding carboxylic acids is 2. The summed E-state index contributed by atoms with van der Waals surface area (Å²) in [4.78, 5) is 24.5. The van der Waals surface area contributed by atoms with Gasteiger partial charge in [-0.1, -0.05) is 31.2 Å². The highest BCUT2D eigenvalue weighted by molar-refractivity contribution is 6.05. The van der Waals surface area contributed by atoms with Crippen molar-refractivity contribution < 1.29 is 9.59 Å². The molecule has 5 heteroatoms. The summed E-state index contributed by atoms with van der Waals surface area (Å²) in [6.07, 6.45) is 0. The fourth-order valence-electron chi connectivity index (χ4n) is 2.18. The van der Waals surface area contributed by atoms with Gasteiger partial charge in [0.1, 0.15) is 0 Å². The molecular formula is C19H23N3O2. The molecule has 0 aromatic heterocycles. The number of amides is 2. The van der Waals surface area contributed by atoms with Crippen molar-refractivity contribution in [3.05, 3.63) is 59.7 Å². The molecule has 0 fully saturated rings. The fourth-order valence-corrected chi connectivity index (χ4v) is 2.18. The zero-order valence-corrected chi connectivity index (χ0v) is 14.2. The first-order chi connectivity index (χ1) is 11.4. The van der Waals surface area contributed by atoms with Crippen LogP contribution in [0, 0.1) is 12.8 Å². The first kappa shape index (κ1) is 17.7. The van der Waals surface area contributed by atoms with Gasteiger partial charge >= 0.3 is 0 Å². The van der Waals surface area contributed by atoms with Crippen LogP contribution < -0.4 is 16.4 Å². The molecular weight excluding hydrogens is 302 g/mol. The van der Waals surface area contributed by atoms with E-state index in [1.165, 1.54) is 0 Å². The Labute approximate surface area is 142 Å². The number of hydrogen-bond donors (Lipinski definition) is 3. The predicted octanol–water partition coefficient (Wildman–Crippen LogP) is 3.17. The minimum atomic E-state index is -0.299. The second-order valence-corrected chi connectivity index (χ2v) is 5.94. The molecule has 2 unspecified atom stereocenters. The predicted molar refractivity (Wildman–Crippen MR) is 97.0 cm³/mol. The molecule has 2 atom stereocenters. The smallest absolute Gasteiger partial charge is 0.255 e. The molecule has 5 nitrogen and oxygen atoms in total. The number of carbonyl (C=O) groups is 2. The molecule has 24 heavy (non-hydrogen) atoms. The quantitative estimate of drug-likeness (QED) is 0.789. The number of benzene rings is 2. The van der Waals surface area contributed by atoms with E-state index in [4.69, 9.17) is 5.73 Å². The summed E-state index contributed by atoms with van der Waals surface area (Å²) in [5.41, 5.74) is 8.48. The van der Waals surface area contributed by atoms with E-state index in [-0.39, 0.29) is 23.8 Å². The van der Waals surface area contributed by atoms with Gasteiger partial charge in [-0.15, -0.1) is 0 Å². The third kappa shape index (κ3) is 4.20. The molecule has 0 aliphatic rings. The maximum Gasteiger partial charge on any atom is 0.255 e. The van der Waals surface area contributed by atoms with Gasteiger partial charge in [0, 0.05) is 23.0 Å². The van der Waals surface area contributed by atoms with Crippen molar-refractivity contribution in [3.8, 4) is 0 Å². The molecule has 0 spiro atoms. The summed E-state index contributed by atoms with van der Waals surface area (Å²) < 4.78 is 0. The minimum absolute atomic E-state index is 0.139. The van der Waals surface area contributed by atoms with Crippen molar-refractivity contribution >= 4 is 23.2 Å². The van der Waals surface area contributed by atoms with Crippen molar-refractivity contribution in [3.63, 3.8) is 0 Å². The summed E-state index contributed by atoms with van der Waals surface area (Å²) in [6.45, 7) is 5.44. The first-order valence-corrected chi connectivity index (χ1v) is 7.92. The molecule has 2 rings (SSSR count). The van der Waals surface area contributed by atoms with Crippen LogP contribution in [0.4, 0.5) is 11.4 Å².